The first-order valence-electron chi connectivity index (χ1n) is 8.66. The molecule has 2 saturated heterocycles. The largest absolute Gasteiger partial charge is 0.492 e. The summed E-state index contributed by atoms with van der Waals surface area (Å²) in [7, 11) is 0. The van der Waals surface area contributed by atoms with Crippen molar-refractivity contribution >= 4 is 23.5 Å². The Bertz CT molecular complexity index is 707. The number of anilines is 1. The van der Waals surface area contributed by atoms with Crippen LogP contribution >= 0.6 is 0 Å². The molecule has 2 amide bonds. The molecule has 1 aromatic carbocycles. The number of carboxylic acids is 1. The molecule has 140 valence electrons. The van der Waals surface area contributed by atoms with E-state index < -0.39 is 18.0 Å². The van der Waals surface area contributed by atoms with Gasteiger partial charge in [-0.3, -0.25) is 9.59 Å². The Morgan fingerprint density at radius 1 is 1.31 bits per heavy atom. The smallest absolute Gasteiger partial charge is 0.334 e. The van der Waals surface area contributed by atoms with Gasteiger partial charge >= 0.3 is 5.97 Å². The molecule has 0 unspecified atom stereocenters. The number of carbonyl (C=O) groups is 3. The Kier molecular flexibility index (Phi) is 5.41. The van der Waals surface area contributed by atoms with E-state index in [4.69, 9.17) is 14.6 Å². The number of hydrogen-bond donors (Lipinski definition) is 1. The first-order chi connectivity index (χ1) is 12.5. The van der Waals surface area contributed by atoms with E-state index in [0.717, 1.165) is 0 Å². The zero-order chi connectivity index (χ0) is 18.7. The molecule has 1 N–H and O–H groups in total. The summed E-state index contributed by atoms with van der Waals surface area (Å²) in [4.78, 5) is 39.4. The van der Waals surface area contributed by atoms with Crippen molar-refractivity contribution in [2.45, 2.75) is 19.4 Å². The molecule has 2 aliphatic rings. The van der Waals surface area contributed by atoms with Crippen LogP contribution in [0.1, 0.15) is 13.3 Å². The Morgan fingerprint density at radius 2 is 2.08 bits per heavy atom. The van der Waals surface area contributed by atoms with Crippen molar-refractivity contribution in [1.82, 2.24) is 4.90 Å². The molecule has 2 aliphatic heterocycles. The maximum atomic E-state index is 12.8. The van der Waals surface area contributed by atoms with Crippen LogP contribution in [0.15, 0.2) is 24.3 Å². The number of carbonyl (C=O) groups excluding carboxylic acids is 2. The van der Waals surface area contributed by atoms with E-state index in [9.17, 15) is 14.4 Å². The summed E-state index contributed by atoms with van der Waals surface area (Å²) in [5.74, 6) is -1.32. The molecule has 0 spiro atoms. The lowest BCUT2D eigenvalue weighted by molar-refractivity contribution is -0.160. The fourth-order valence-corrected chi connectivity index (χ4v) is 3.32. The topological polar surface area (TPSA) is 96.4 Å². The van der Waals surface area contributed by atoms with Crippen LogP contribution < -0.4 is 9.64 Å². The second kappa shape index (κ2) is 7.74. The molecule has 2 heterocycles. The van der Waals surface area contributed by atoms with Crippen molar-refractivity contribution in [2.24, 2.45) is 5.92 Å². The number of benzene rings is 1. The van der Waals surface area contributed by atoms with E-state index in [1.165, 1.54) is 4.90 Å². The first kappa shape index (κ1) is 18.2. The van der Waals surface area contributed by atoms with Crippen LogP contribution in [0.3, 0.4) is 0 Å². The van der Waals surface area contributed by atoms with Gasteiger partial charge < -0.3 is 24.4 Å². The monoisotopic (exact) mass is 362 g/mol. The van der Waals surface area contributed by atoms with Crippen LogP contribution in [0.5, 0.6) is 5.75 Å². The van der Waals surface area contributed by atoms with Crippen LogP contribution in [0.25, 0.3) is 0 Å². The van der Waals surface area contributed by atoms with E-state index in [1.54, 1.807) is 17.0 Å². The van der Waals surface area contributed by atoms with Gasteiger partial charge in [-0.2, -0.15) is 0 Å². The number of ether oxygens (including phenoxy) is 2. The summed E-state index contributed by atoms with van der Waals surface area (Å²) in [5, 5.41) is 9.08. The number of hydrogen-bond acceptors (Lipinski definition) is 5. The average Bonchev–Trinajstić information content (AvgIpc) is 3.03. The Balaban J connectivity index is 1.71. The molecule has 0 aliphatic carbocycles. The average molecular weight is 362 g/mol. The van der Waals surface area contributed by atoms with Gasteiger partial charge in [0.25, 0.3) is 0 Å². The molecule has 2 atom stereocenters. The molecule has 8 heteroatoms. The third-order valence-corrected chi connectivity index (χ3v) is 4.58. The molecular weight excluding hydrogens is 340 g/mol. The molecule has 2 fully saturated rings. The third kappa shape index (κ3) is 3.65. The van der Waals surface area contributed by atoms with Crippen molar-refractivity contribution in [3.05, 3.63) is 24.3 Å². The highest BCUT2D eigenvalue weighted by molar-refractivity contribution is 6.01. The summed E-state index contributed by atoms with van der Waals surface area (Å²) >= 11 is 0. The lowest BCUT2D eigenvalue weighted by atomic mass is 10.1. The highest BCUT2D eigenvalue weighted by Gasteiger charge is 2.40. The second-order valence-corrected chi connectivity index (χ2v) is 6.29. The highest BCUT2D eigenvalue weighted by atomic mass is 16.5. The standard InChI is InChI=1S/C18H22N2O6/c1-2-25-14-6-4-3-5-13(14)20-10-12(9-16(20)21)17(22)19-7-8-26-15(11-19)18(23)24/h3-6,12,15H,2,7-11H2,1H3,(H,23,24)/t12-,15+/m1/s1. The molecule has 0 bridgehead atoms. The predicted octanol–water partition coefficient (Wildman–Crippen LogP) is 0.750. The van der Waals surface area contributed by atoms with E-state index in [-0.39, 0.29) is 37.9 Å². The summed E-state index contributed by atoms with van der Waals surface area (Å²) in [6.07, 6.45) is -0.909. The lowest BCUT2D eigenvalue weighted by Gasteiger charge is -2.32. The first-order valence-corrected chi connectivity index (χ1v) is 8.66. The number of aliphatic carboxylic acids is 1. The van der Waals surface area contributed by atoms with Crippen molar-refractivity contribution in [1.29, 1.82) is 0 Å². The van der Waals surface area contributed by atoms with Crippen LogP contribution in [-0.4, -0.2) is 66.7 Å². The van der Waals surface area contributed by atoms with E-state index >= 15 is 0 Å². The Morgan fingerprint density at radius 3 is 2.81 bits per heavy atom. The van der Waals surface area contributed by atoms with Crippen molar-refractivity contribution < 1.29 is 29.0 Å². The number of rotatable bonds is 5. The van der Waals surface area contributed by atoms with Gasteiger partial charge in [0, 0.05) is 19.5 Å². The molecule has 0 saturated carbocycles. The fourth-order valence-electron chi connectivity index (χ4n) is 3.32. The van der Waals surface area contributed by atoms with E-state index in [2.05, 4.69) is 0 Å². The van der Waals surface area contributed by atoms with Crippen LogP contribution in [0, 0.1) is 5.92 Å². The summed E-state index contributed by atoms with van der Waals surface area (Å²) in [5.41, 5.74) is 0.653. The van der Waals surface area contributed by atoms with Crippen LogP contribution in [0.2, 0.25) is 0 Å². The van der Waals surface area contributed by atoms with Crippen molar-refractivity contribution in [3.8, 4) is 5.75 Å². The lowest BCUT2D eigenvalue weighted by Crippen LogP contribution is -2.50. The van der Waals surface area contributed by atoms with Gasteiger partial charge in [0.1, 0.15) is 5.75 Å². The van der Waals surface area contributed by atoms with Crippen molar-refractivity contribution in [3.63, 3.8) is 0 Å². The van der Waals surface area contributed by atoms with E-state index in [1.807, 2.05) is 19.1 Å². The minimum absolute atomic E-state index is 0.00832. The summed E-state index contributed by atoms with van der Waals surface area (Å²) in [6.45, 7) is 3.13. The Hall–Kier alpha value is -2.61. The molecule has 0 aromatic heterocycles. The molecular formula is C18H22N2O6. The molecule has 0 radical (unpaired) electrons. The summed E-state index contributed by atoms with van der Waals surface area (Å²) in [6, 6.07) is 7.24. The van der Waals surface area contributed by atoms with Crippen molar-refractivity contribution in [2.75, 3.05) is 37.7 Å². The third-order valence-electron chi connectivity index (χ3n) is 4.58. The Labute approximate surface area is 151 Å². The van der Waals surface area contributed by atoms with Gasteiger partial charge in [0.2, 0.25) is 11.8 Å². The second-order valence-electron chi connectivity index (χ2n) is 6.29. The zero-order valence-electron chi connectivity index (χ0n) is 14.6. The van der Waals surface area contributed by atoms with Gasteiger partial charge in [0.05, 0.1) is 31.4 Å². The van der Waals surface area contributed by atoms with Gasteiger partial charge in [-0.05, 0) is 19.1 Å². The minimum Gasteiger partial charge on any atom is -0.492 e. The molecule has 26 heavy (non-hydrogen) atoms. The predicted molar refractivity (Wildman–Crippen MR) is 92.0 cm³/mol. The zero-order valence-corrected chi connectivity index (χ0v) is 14.6. The normalized spacial score (nSPS) is 23.2. The highest BCUT2D eigenvalue weighted by Crippen LogP contribution is 2.33. The number of carboxylic acid groups (broad SMARTS) is 1. The molecule has 1 aromatic rings. The molecule has 3 rings (SSSR count). The SMILES string of the molecule is CCOc1ccccc1N1C[C@H](C(=O)N2CCO[C@H](C(=O)O)C2)CC1=O. The van der Waals surface area contributed by atoms with Crippen LogP contribution in [-0.2, 0) is 19.1 Å². The minimum atomic E-state index is -1.09. The van der Waals surface area contributed by atoms with Gasteiger partial charge in [0.15, 0.2) is 6.10 Å². The number of amides is 2. The van der Waals surface area contributed by atoms with E-state index in [0.29, 0.717) is 24.6 Å². The quantitative estimate of drug-likeness (QED) is 0.830. The number of nitrogens with zero attached hydrogens (tertiary/aromatic N) is 2. The van der Waals surface area contributed by atoms with Gasteiger partial charge in [-0.1, -0.05) is 12.1 Å². The number of morpholine rings is 1. The van der Waals surface area contributed by atoms with Crippen LogP contribution in [0.4, 0.5) is 5.69 Å². The number of para-hydroxylation sites is 2. The maximum Gasteiger partial charge on any atom is 0.334 e. The molecule has 8 nitrogen and oxygen atoms in total. The van der Waals surface area contributed by atoms with Gasteiger partial charge in [-0.15, -0.1) is 0 Å². The summed E-state index contributed by atoms with van der Waals surface area (Å²) < 4.78 is 10.7. The maximum absolute atomic E-state index is 12.8. The van der Waals surface area contributed by atoms with Gasteiger partial charge in [-0.25, -0.2) is 4.79 Å². The fraction of sp³-hybridized carbons (Fsp3) is 0.500.